The molecule has 0 spiro atoms. The average molecular weight is 462 g/mol. The summed E-state index contributed by atoms with van der Waals surface area (Å²) in [5, 5.41) is 0. The van der Waals surface area contributed by atoms with Crippen LogP contribution in [0.3, 0.4) is 0 Å². The van der Waals surface area contributed by atoms with Gasteiger partial charge in [-0.15, -0.1) is 13.2 Å². The molecule has 9 nitrogen and oxygen atoms in total. The van der Waals surface area contributed by atoms with Crippen molar-refractivity contribution in [2.24, 2.45) is 0 Å². The molecule has 0 amide bonds. The largest absolute Gasteiger partial charge is 0.461 e. The lowest BCUT2D eigenvalue weighted by Gasteiger charge is -2.22. The van der Waals surface area contributed by atoms with Crippen LogP contribution >= 0.6 is 0 Å². The van der Waals surface area contributed by atoms with Gasteiger partial charge in [0.2, 0.25) is 11.7 Å². The van der Waals surface area contributed by atoms with E-state index in [9.17, 15) is 23.6 Å². The van der Waals surface area contributed by atoms with Gasteiger partial charge in [0.25, 0.3) is 5.56 Å². The molecule has 0 radical (unpaired) electrons. The van der Waals surface area contributed by atoms with E-state index >= 15 is 0 Å². The minimum absolute atomic E-state index is 0.109. The molecule has 1 aromatic heterocycles. The SMILES string of the molecule is C=CCCC(=O)OCC1=C[C@@H](n2cc(F)c(=O)n(C(=O)CCC=C)c2=O)[C@@H]2OC(C)(C)O[C@H]12. The first-order chi connectivity index (χ1) is 15.6. The lowest BCUT2D eigenvalue weighted by atomic mass is 10.1. The van der Waals surface area contributed by atoms with Crippen molar-refractivity contribution in [2.45, 2.75) is 63.6 Å². The van der Waals surface area contributed by atoms with Crippen molar-refractivity contribution in [2.75, 3.05) is 6.61 Å². The van der Waals surface area contributed by atoms with Crippen LogP contribution in [0.15, 0.2) is 52.7 Å². The number of nitrogens with zero attached hydrogens (tertiary/aromatic N) is 2. The Morgan fingerprint density at radius 1 is 1.18 bits per heavy atom. The fourth-order valence-corrected chi connectivity index (χ4v) is 3.87. The van der Waals surface area contributed by atoms with Gasteiger partial charge in [-0.25, -0.2) is 4.79 Å². The smallest absolute Gasteiger partial charge is 0.338 e. The highest BCUT2D eigenvalue weighted by Crippen LogP contribution is 2.42. The van der Waals surface area contributed by atoms with E-state index in [4.69, 9.17) is 14.2 Å². The van der Waals surface area contributed by atoms with Gasteiger partial charge in [0.05, 0.1) is 12.2 Å². The Kier molecular flexibility index (Phi) is 7.28. The van der Waals surface area contributed by atoms with Crippen LogP contribution in [0.5, 0.6) is 0 Å². The number of carbonyl (C=O) groups excluding carboxylic acids is 2. The molecule has 1 aromatic rings. The highest BCUT2D eigenvalue weighted by molar-refractivity contribution is 5.78. The summed E-state index contributed by atoms with van der Waals surface area (Å²) in [5.41, 5.74) is -1.78. The third-order valence-corrected chi connectivity index (χ3v) is 5.37. The van der Waals surface area contributed by atoms with Gasteiger partial charge in [-0.05, 0) is 32.3 Å². The Morgan fingerprint density at radius 2 is 1.85 bits per heavy atom. The van der Waals surface area contributed by atoms with E-state index in [0.29, 0.717) is 12.0 Å². The van der Waals surface area contributed by atoms with E-state index in [1.54, 1.807) is 26.0 Å². The van der Waals surface area contributed by atoms with E-state index < -0.39 is 53.0 Å². The van der Waals surface area contributed by atoms with E-state index in [1.807, 2.05) is 0 Å². The predicted molar refractivity (Wildman–Crippen MR) is 116 cm³/mol. The van der Waals surface area contributed by atoms with Crippen LogP contribution < -0.4 is 11.2 Å². The molecule has 10 heteroatoms. The van der Waals surface area contributed by atoms with Crippen LogP contribution in [0, 0.1) is 5.82 Å². The molecule has 0 unspecified atom stereocenters. The quantitative estimate of drug-likeness (QED) is 0.409. The third kappa shape index (κ3) is 5.12. The summed E-state index contributed by atoms with van der Waals surface area (Å²) in [6.07, 6.45) is 4.66. The number of fused-ring (bicyclic) bond motifs is 1. The first-order valence-corrected chi connectivity index (χ1v) is 10.6. The zero-order valence-corrected chi connectivity index (χ0v) is 18.6. The average Bonchev–Trinajstić information content (AvgIpc) is 3.24. The Balaban J connectivity index is 1.98. The number of ether oxygens (including phenoxy) is 3. The molecule has 1 aliphatic carbocycles. The predicted octanol–water partition coefficient (Wildman–Crippen LogP) is 2.27. The van der Waals surface area contributed by atoms with Crippen molar-refractivity contribution in [3.8, 4) is 0 Å². The molecule has 2 heterocycles. The molecule has 178 valence electrons. The number of hydrogen-bond acceptors (Lipinski definition) is 7. The molecule has 3 rings (SSSR count). The Bertz CT molecular complexity index is 1110. The standard InChI is InChI=1S/C23H27FN2O7/c1-5-7-9-17(27)26-21(29)15(24)12-25(22(26)30)16-11-14(13-31-18(28)10-8-6-2)19-20(16)33-23(3,4)32-19/h5-6,11-12,16,19-20H,1-2,7-10,13H2,3-4H3/t16-,19-,20+/m1/s1. The summed E-state index contributed by atoms with van der Waals surface area (Å²) in [4.78, 5) is 49.6. The van der Waals surface area contributed by atoms with Gasteiger partial charge >= 0.3 is 11.7 Å². The molecular formula is C23H27FN2O7. The molecular weight excluding hydrogens is 435 g/mol. The van der Waals surface area contributed by atoms with Gasteiger partial charge in [0.15, 0.2) is 5.79 Å². The third-order valence-electron chi connectivity index (χ3n) is 5.37. The lowest BCUT2D eigenvalue weighted by Crippen LogP contribution is -2.47. The van der Waals surface area contributed by atoms with E-state index in [0.717, 1.165) is 10.8 Å². The second-order valence-electron chi connectivity index (χ2n) is 8.27. The molecule has 1 fully saturated rings. The minimum Gasteiger partial charge on any atom is -0.461 e. The normalized spacial score (nSPS) is 23.0. The van der Waals surface area contributed by atoms with Crippen molar-refractivity contribution in [3.63, 3.8) is 0 Å². The first kappa shape index (κ1) is 24.5. The highest BCUT2D eigenvalue weighted by atomic mass is 19.1. The van der Waals surface area contributed by atoms with Crippen LogP contribution in [0.2, 0.25) is 0 Å². The molecule has 1 saturated heterocycles. The van der Waals surface area contributed by atoms with Crippen LogP contribution in [0.25, 0.3) is 0 Å². The number of esters is 1. The molecule has 0 bridgehead atoms. The molecule has 3 atom stereocenters. The number of rotatable bonds is 9. The van der Waals surface area contributed by atoms with Gasteiger partial charge < -0.3 is 14.2 Å². The van der Waals surface area contributed by atoms with Crippen molar-refractivity contribution < 1.29 is 28.2 Å². The maximum absolute atomic E-state index is 14.5. The van der Waals surface area contributed by atoms with Crippen LogP contribution in [-0.2, 0) is 19.0 Å². The van der Waals surface area contributed by atoms with E-state index in [1.165, 1.54) is 6.08 Å². The maximum Gasteiger partial charge on any atom is 0.338 e. The Hall–Kier alpha value is -3.11. The van der Waals surface area contributed by atoms with Gasteiger partial charge in [-0.1, -0.05) is 18.2 Å². The van der Waals surface area contributed by atoms with Crippen molar-refractivity contribution in [1.29, 1.82) is 0 Å². The summed E-state index contributed by atoms with van der Waals surface area (Å²) in [5.74, 6) is -3.54. The highest BCUT2D eigenvalue weighted by Gasteiger charge is 2.51. The number of hydrogen-bond donors (Lipinski definition) is 0. The minimum atomic E-state index is -1.32. The van der Waals surface area contributed by atoms with Crippen molar-refractivity contribution in [1.82, 2.24) is 9.13 Å². The van der Waals surface area contributed by atoms with E-state index in [-0.39, 0.29) is 30.4 Å². The summed E-state index contributed by atoms with van der Waals surface area (Å²) >= 11 is 0. The van der Waals surface area contributed by atoms with Crippen LogP contribution in [0.1, 0.15) is 50.4 Å². The molecule has 0 aromatic carbocycles. The van der Waals surface area contributed by atoms with Crippen LogP contribution in [-0.4, -0.2) is 45.6 Å². The fourth-order valence-electron chi connectivity index (χ4n) is 3.87. The summed E-state index contributed by atoms with van der Waals surface area (Å²) in [7, 11) is 0. The summed E-state index contributed by atoms with van der Waals surface area (Å²) in [6.45, 7) is 10.3. The zero-order chi connectivity index (χ0) is 24.3. The van der Waals surface area contributed by atoms with Crippen molar-refractivity contribution >= 4 is 11.9 Å². The number of aromatic nitrogens is 2. The molecule has 0 saturated carbocycles. The second-order valence-corrected chi connectivity index (χ2v) is 8.27. The monoisotopic (exact) mass is 462 g/mol. The zero-order valence-electron chi connectivity index (χ0n) is 18.6. The number of carbonyl (C=O) groups is 2. The lowest BCUT2D eigenvalue weighted by molar-refractivity contribution is -0.149. The second kappa shape index (κ2) is 9.80. The fraction of sp³-hybridized carbons (Fsp3) is 0.478. The molecule has 1 aliphatic heterocycles. The van der Waals surface area contributed by atoms with Gasteiger partial charge in [0, 0.05) is 12.8 Å². The number of allylic oxidation sites excluding steroid dienone is 2. The Morgan fingerprint density at radius 3 is 2.52 bits per heavy atom. The van der Waals surface area contributed by atoms with Gasteiger partial charge in [0.1, 0.15) is 18.8 Å². The first-order valence-electron chi connectivity index (χ1n) is 10.6. The summed E-state index contributed by atoms with van der Waals surface area (Å²) in [6, 6.07) is -0.889. The number of halogens is 1. The molecule has 33 heavy (non-hydrogen) atoms. The maximum atomic E-state index is 14.5. The molecule has 2 aliphatic rings. The summed E-state index contributed by atoms with van der Waals surface area (Å²) < 4.78 is 32.9. The van der Waals surface area contributed by atoms with Crippen molar-refractivity contribution in [3.05, 3.63) is 69.8 Å². The van der Waals surface area contributed by atoms with Gasteiger partial charge in [-0.2, -0.15) is 8.96 Å². The van der Waals surface area contributed by atoms with Gasteiger partial charge in [-0.3, -0.25) is 19.0 Å². The molecule has 0 N–H and O–H groups in total. The Labute approximate surface area is 189 Å². The van der Waals surface area contributed by atoms with Crippen LogP contribution in [0.4, 0.5) is 4.39 Å². The topological polar surface area (TPSA) is 106 Å². The van der Waals surface area contributed by atoms with E-state index in [2.05, 4.69) is 13.2 Å².